The highest BCUT2D eigenvalue weighted by molar-refractivity contribution is 7.13. The summed E-state index contributed by atoms with van der Waals surface area (Å²) in [7, 11) is 1.67. The van der Waals surface area contributed by atoms with Gasteiger partial charge in [0.25, 0.3) is 5.91 Å². The molecule has 2 aromatic carbocycles. The van der Waals surface area contributed by atoms with Crippen molar-refractivity contribution in [2.75, 3.05) is 33.3 Å². The van der Waals surface area contributed by atoms with E-state index in [4.69, 9.17) is 14.5 Å². The monoisotopic (exact) mass is 435 g/mol. The van der Waals surface area contributed by atoms with Crippen molar-refractivity contribution in [2.45, 2.75) is 19.1 Å². The predicted molar refractivity (Wildman–Crippen MR) is 121 cm³/mol. The molecule has 0 saturated carbocycles. The van der Waals surface area contributed by atoms with Crippen LogP contribution in [-0.4, -0.2) is 60.1 Å². The second kappa shape index (κ2) is 8.69. The Balaban J connectivity index is 1.14. The van der Waals surface area contributed by atoms with E-state index >= 15 is 0 Å². The summed E-state index contributed by atoms with van der Waals surface area (Å²) in [6.07, 6.45) is 0.289. The molecule has 5 rings (SSSR count). The lowest BCUT2D eigenvalue weighted by Gasteiger charge is -2.35. The minimum atomic E-state index is -0.380. The number of benzene rings is 2. The lowest BCUT2D eigenvalue weighted by atomic mass is 10.1. The van der Waals surface area contributed by atoms with Crippen LogP contribution in [0.2, 0.25) is 0 Å². The van der Waals surface area contributed by atoms with E-state index in [0.29, 0.717) is 6.42 Å². The molecule has 1 aromatic heterocycles. The molecule has 2 aliphatic heterocycles. The molecular weight excluding hydrogens is 410 g/mol. The van der Waals surface area contributed by atoms with Gasteiger partial charge in [0, 0.05) is 50.1 Å². The van der Waals surface area contributed by atoms with Gasteiger partial charge in [0.1, 0.15) is 16.5 Å². The Morgan fingerprint density at radius 2 is 1.90 bits per heavy atom. The van der Waals surface area contributed by atoms with Gasteiger partial charge in [0.15, 0.2) is 6.10 Å². The quantitative estimate of drug-likeness (QED) is 0.614. The number of para-hydroxylation sites is 1. The van der Waals surface area contributed by atoms with Crippen molar-refractivity contribution in [1.82, 2.24) is 14.8 Å². The van der Waals surface area contributed by atoms with Crippen LogP contribution in [0.4, 0.5) is 0 Å². The second-order valence-corrected chi connectivity index (χ2v) is 8.75. The number of nitrogens with zero attached hydrogens (tertiary/aromatic N) is 3. The average Bonchev–Trinajstić information content (AvgIpc) is 3.46. The average molecular weight is 436 g/mol. The predicted octanol–water partition coefficient (Wildman–Crippen LogP) is 3.47. The largest absolute Gasteiger partial charge is 0.497 e. The fraction of sp³-hybridized carbons (Fsp3) is 0.333. The number of carbonyl (C=O) groups excluding carboxylic acids is 1. The van der Waals surface area contributed by atoms with Crippen molar-refractivity contribution in [3.8, 4) is 22.1 Å². The first-order valence-corrected chi connectivity index (χ1v) is 11.4. The van der Waals surface area contributed by atoms with Crippen LogP contribution in [0.3, 0.4) is 0 Å². The Bertz CT molecular complexity index is 1030. The van der Waals surface area contributed by atoms with Gasteiger partial charge in [-0.1, -0.05) is 18.2 Å². The van der Waals surface area contributed by atoms with Crippen molar-refractivity contribution >= 4 is 17.2 Å². The van der Waals surface area contributed by atoms with Crippen LogP contribution in [0.5, 0.6) is 11.5 Å². The summed E-state index contributed by atoms with van der Waals surface area (Å²) >= 11 is 1.66. The van der Waals surface area contributed by atoms with Crippen LogP contribution in [-0.2, 0) is 17.8 Å². The van der Waals surface area contributed by atoms with Crippen LogP contribution < -0.4 is 9.47 Å². The summed E-state index contributed by atoms with van der Waals surface area (Å²) in [5, 5.41) is 3.14. The van der Waals surface area contributed by atoms with E-state index in [9.17, 15) is 4.79 Å². The molecule has 0 aliphatic carbocycles. The number of aromatic nitrogens is 1. The zero-order valence-corrected chi connectivity index (χ0v) is 18.3. The van der Waals surface area contributed by atoms with Crippen LogP contribution in [0.15, 0.2) is 53.9 Å². The van der Waals surface area contributed by atoms with Crippen molar-refractivity contribution in [1.29, 1.82) is 0 Å². The number of thiazole rings is 1. The molecule has 0 N–H and O–H groups in total. The molecule has 1 amide bonds. The number of fused-ring (bicyclic) bond motifs is 1. The molecule has 31 heavy (non-hydrogen) atoms. The van der Waals surface area contributed by atoms with E-state index in [1.807, 2.05) is 53.4 Å². The summed E-state index contributed by atoms with van der Waals surface area (Å²) in [4.78, 5) is 22.0. The van der Waals surface area contributed by atoms with Crippen molar-refractivity contribution in [2.24, 2.45) is 0 Å². The second-order valence-electron chi connectivity index (χ2n) is 7.89. The number of amides is 1. The molecule has 2 aliphatic rings. The van der Waals surface area contributed by atoms with Gasteiger partial charge < -0.3 is 14.4 Å². The lowest BCUT2D eigenvalue weighted by molar-refractivity contribution is -0.139. The van der Waals surface area contributed by atoms with Crippen molar-refractivity contribution in [3.63, 3.8) is 0 Å². The molecule has 0 unspecified atom stereocenters. The van der Waals surface area contributed by atoms with Crippen LogP contribution in [0.1, 0.15) is 11.3 Å². The van der Waals surface area contributed by atoms with Crippen molar-refractivity contribution in [3.05, 3.63) is 65.2 Å². The molecule has 1 atom stereocenters. The fourth-order valence-electron chi connectivity index (χ4n) is 4.12. The highest BCUT2D eigenvalue weighted by Gasteiger charge is 2.33. The smallest absolute Gasteiger partial charge is 0.264 e. The third kappa shape index (κ3) is 4.29. The van der Waals surface area contributed by atoms with E-state index in [2.05, 4.69) is 10.3 Å². The molecule has 7 heteroatoms. The Morgan fingerprint density at radius 1 is 1.13 bits per heavy atom. The van der Waals surface area contributed by atoms with Gasteiger partial charge in [0.2, 0.25) is 0 Å². The highest BCUT2D eigenvalue weighted by Crippen LogP contribution is 2.29. The number of carbonyl (C=O) groups is 1. The summed E-state index contributed by atoms with van der Waals surface area (Å²) in [5.41, 5.74) is 3.30. The summed E-state index contributed by atoms with van der Waals surface area (Å²) in [6.45, 7) is 3.96. The topological polar surface area (TPSA) is 54.9 Å². The summed E-state index contributed by atoms with van der Waals surface area (Å²) in [6, 6.07) is 15.9. The molecule has 0 bridgehead atoms. The zero-order chi connectivity index (χ0) is 21.2. The van der Waals surface area contributed by atoms with E-state index in [1.165, 1.54) is 0 Å². The standard InChI is InChI=1S/C24H25N3O3S/c1-29-20-8-6-17(7-9-20)23-25-19(16-31-23)15-26-10-12-27(13-11-26)24(28)22-14-18-4-2-3-5-21(18)30-22/h2-9,16,22H,10-15H2,1H3/t22-/m1/s1. The Labute approximate surface area is 186 Å². The maximum absolute atomic E-state index is 12.9. The van der Waals surface area contributed by atoms with Gasteiger partial charge in [-0.2, -0.15) is 0 Å². The first kappa shape index (κ1) is 20.0. The molecule has 0 radical (unpaired) electrons. The third-order valence-electron chi connectivity index (χ3n) is 5.88. The Kier molecular flexibility index (Phi) is 5.61. The summed E-state index contributed by atoms with van der Waals surface area (Å²) < 4.78 is 11.1. The van der Waals surface area contributed by atoms with E-state index < -0.39 is 0 Å². The van der Waals surface area contributed by atoms with Gasteiger partial charge in [-0.25, -0.2) is 4.98 Å². The van der Waals surface area contributed by atoms with E-state index in [-0.39, 0.29) is 12.0 Å². The Hall–Kier alpha value is -2.90. The van der Waals surface area contributed by atoms with Crippen LogP contribution >= 0.6 is 11.3 Å². The first-order chi connectivity index (χ1) is 15.2. The van der Waals surface area contributed by atoms with Gasteiger partial charge in [-0.3, -0.25) is 9.69 Å². The maximum Gasteiger partial charge on any atom is 0.264 e. The Morgan fingerprint density at radius 3 is 2.65 bits per heavy atom. The molecule has 160 valence electrons. The molecule has 3 heterocycles. The number of methoxy groups -OCH3 is 1. The number of hydrogen-bond donors (Lipinski definition) is 0. The minimum absolute atomic E-state index is 0.103. The molecule has 6 nitrogen and oxygen atoms in total. The highest BCUT2D eigenvalue weighted by atomic mass is 32.1. The number of hydrogen-bond acceptors (Lipinski definition) is 6. The molecule has 1 fully saturated rings. The molecule has 1 saturated heterocycles. The first-order valence-electron chi connectivity index (χ1n) is 10.5. The normalized spacial score (nSPS) is 18.5. The van der Waals surface area contributed by atoms with Gasteiger partial charge >= 0.3 is 0 Å². The zero-order valence-electron chi connectivity index (χ0n) is 17.5. The third-order valence-corrected chi connectivity index (χ3v) is 6.82. The van der Waals surface area contributed by atoms with Crippen LogP contribution in [0, 0.1) is 0 Å². The fourth-order valence-corrected chi connectivity index (χ4v) is 4.94. The van der Waals surface area contributed by atoms with Gasteiger partial charge in [-0.15, -0.1) is 11.3 Å². The number of rotatable bonds is 5. The van der Waals surface area contributed by atoms with Crippen molar-refractivity contribution < 1.29 is 14.3 Å². The van der Waals surface area contributed by atoms with E-state index in [0.717, 1.165) is 66.1 Å². The maximum atomic E-state index is 12.9. The van der Waals surface area contributed by atoms with Crippen LogP contribution in [0.25, 0.3) is 10.6 Å². The molecular formula is C24H25N3O3S. The van der Waals surface area contributed by atoms with E-state index in [1.54, 1.807) is 18.4 Å². The molecule has 3 aromatic rings. The summed E-state index contributed by atoms with van der Waals surface area (Å²) in [5.74, 6) is 1.79. The number of ether oxygens (including phenoxy) is 2. The lowest BCUT2D eigenvalue weighted by Crippen LogP contribution is -2.51. The van der Waals surface area contributed by atoms with Gasteiger partial charge in [-0.05, 0) is 35.9 Å². The number of piperazine rings is 1. The SMILES string of the molecule is COc1ccc(-c2nc(CN3CCN(C(=O)[C@H]4Cc5ccccc5O4)CC3)cs2)cc1. The molecule has 0 spiro atoms. The van der Waals surface area contributed by atoms with Gasteiger partial charge in [0.05, 0.1) is 12.8 Å². The minimum Gasteiger partial charge on any atom is -0.497 e.